The predicted octanol–water partition coefficient (Wildman–Crippen LogP) is 2.40. The van der Waals surface area contributed by atoms with Crippen LogP contribution >= 0.6 is 0 Å². The predicted molar refractivity (Wildman–Crippen MR) is 65.3 cm³/mol. The molecule has 0 saturated carbocycles. The van der Waals surface area contributed by atoms with E-state index in [2.05, 4.69) is 0 Å². The van der Waals surface area contributed by atoms with Crippen LogP contribution in [0.25, 0.3) is 11.1 Å². The van der Waals surface area contributed by atoms with Gasteiger partial charge in [-0.05, 0) is 16.7 Å². The Hall–Kier alpha value is -1.65. The van der Waals surface area contributed by atoms with Gasteiger partial charge in [-0.3, -0.25) is 0 Å². The van der Waals surface area contributed by atoms with Crippen LogP contribution in [0.2, 0.25) is 0 Å². The van der Waals surface area contributed by atoms with Crippen molar-refractivity contribution in [3.63, 3.8) is 0 Å². The average Bonchev–Trinajstić information content (AvgIpc) is 2.29. The molecule has 0 atom stereocenters. The third-order valence-electron chi connectivity index (χ3n) is 2.40. The van der Waals surface area contributed by atoms with E-state index in [4.69, 9.17) is 0 Å². The first kappa shape index (κ1) is 11.8. The molecule has 17 heavy (non-hydrogen) atoms. The summed E-state index contributed by atoms with van der Waals surface area (Å²) in [6.45, 7) is 0. The molecule has 0 aliphatic rings. The molecule has 0 radical (unpaired) electrons. The molecule has 0 N–H and O–H groups in total. The van der Waals surface area contributed by atoms with Gasteiger partial charge in [-0.1, -0.05) is 54.6 Å². The summed E-state index contributed by atoms with van der Waals surface area (Å²) in [7, 11) is -4.20. The lowest BCUT2D eigenvalue weighted by Crippen LogP contribution is -2.01. The summed E-state index contributed by atoms with van der Waals surface area (Å²) in [5.74, 6) is -0.456. The van der Waals surface area contributed by atoms with Gasteiger partial charge in [0.05, 0.1) is 15.9 Å². The summed E-state index contributed by atoms with van der Waals surface area (Å²) in [4.78, 5) is 0. The van der Waals surface area contributed by atoms with Crippen LogP contribution in [0.1, 0.15) is 5.56 Å². The van der Waals surface area contributed by atoms with Crippen LogP contribution < -0.4 is 0 Å². The highest BCUT2D eigenvalue weighted by molar-refractivity contribution is 7.84. The summed E-state index contributed by atoms with van der Waals surface area (Å²) >= 11 is 0. The van der Waals surface area contributed by atoms with E-state index in [0.717, 1.165) is 11.1 Å². The quantitative estimate of drug-likeness (QED) is 0.782. The van der Waals surface area contributed by atoms with Gasteiger partial charge in [0.15, 0.2) is 0 Å². The van der Waals surface area contributed by atoms with Gasteiger partial charge in [0.2, 0.25) is 0 Å². The van der Waals surface area contributed by atoms with E-state index in [1.807, 2.05) is 42.5 Å². The lowest BCUT2D eigenvalue weighted by molar-refractivity contribution is 0.462. The average molecular weight is 247 g/mol. The van der Waals surface area contributed by atoms with Crippen molar-refractivity contribution < 1.29 is 13.0 Å². The fourth-order valence-corrected chi connectivity index (χ4v) is 2.23. The van der Waals surface area contributed by atoms with Crippen molar-refractivity contribution in [2.24, 2.45) is 0 Å². The van der Waals surface area contributed by atoms with Crippen LogP contribution in [-0.2, 0) is 15.9 Å². The number of benzene rings is 2. The van der Waals surface area contributed by atoms with Crippen LogP contribution in [0.4, 0.5) is 0 Å². The number of hydrogen-bond acceptors (Lipinski definition) is 3. The zero-order valence-electron chi connectivity index (χ0n) is 9.04. The highest BCUT2D eigenvalue weighted by Crippen LogP contribution is 2.19. The second kappa shape index (κ2) is 4.69. The molecule has 0 saturated heterocycles. The van der Waals surface area contributed by atoms with Gasteiger partial charge in [-0.15, -0.1) is 0 Å². The Balaban J connectivity index is 2.25. The van der Waals surface area contributed by atoms with E-state index >= 15 is 0 Å². The zero-order chi connectivity index (χ0) is 12.3. The van der Waals surface area contributed by atoms with Gasteiger partial charge in [-0.2, -0.15) is 0 Å². The maximum absolute atomic E-state index is 10.6. The van der Waals surface area contributed by atoms with E-state index in [-0.39, 0.29) is 0 Å². The highest BCUT2D eigenvalue weighted by Gasteiger charge is 2.00. The van der Waals surface area contributed by atoms with E-state index in [1.165, 1.54) is 0 Å². The van der Waals surface area contributed by atoms with Crippen molar-refractivity contribution in [3.8, 4) is 11.1 Å². The lowest BCUT2D eigenvalue weighted by Gasteiger charge is -2.07. The molecular weight excluding hydrogens is 236 g/mol. The third-order valence-corrected chi connectivity index (χ3v) is 3.09. The minimum Gasteiger partial charge on any atom is -0.748 e. The van der Waals surface area contributed by atoms with Gasteiger partial charge in [0, 0.05) is 0 Å². The van der Waals surface area contributed by atoms with Crippen molar-refractivity contribution >= 4 is 10.1 Å². The Morgan fingerprint density at radius 2 is 1.35 bits per heavy atom. The van der Waals surface area contributed by atoms with Crippen LogP contribution in [0, 0.1) is 0 Å². The van der Waals surface area contributed by atoms with Gasteiger partial charge in [-0.25, -0.2) is 8.42 Å². The lowest BCUT2D eigenvalue weighted by atomic mass is 10.0. The number of hydrogen-bond donors (Lipinski definition) is 0. The molecule has 3 nitrogen and oxygen atoms in total. The van der Waals surface area contributed by atoms with Crippen LogP contribution in [-0.4, -0.2) is 13.0 Å². The molecule has 0 amide bonds. The van der Waals surface area contributed by atoms with Gasteiger partial charge in [0.25, 0.3) is 0 Å². The molecule has 0 aliphatic heterocycles. The summed E-state index contributed by atoms with van der Waals surface area (Å²) in [5.41, 5.74) is 2.57. The summed E-state index contributed by atoms with van der Waals surface area (Å²) in [6, 6.07) is 16.7. The van der Waals surface area contributed by atoms with Gasteiger partial charge >= 0.3 is 0 Å². The molecule has 2 aromatic rings. The van der Waals surface area contributed by atoms with Crippen molar-refractivity contribution in [1.82, 2.24) is 0 Å². The normalized spacial score (nSPS) is 11.4. The molecule has 0 fully saturated rings. The standard InChI is InChI=1S/C13H12O3S/c14-17(15,16)10-11-6-8-13(9-7-11)12-4-2-1-3-5-12/h1-9H,10H2,(H,14,15,16)/p-1. The van der Waals surface area contributed by atoms with E-state index in [9.17, 15) is 13.0 Å². The molecule has 0 unspecified atom stereocenters. The van der Waals surface area contributed by atoms with Crippen molar-refractivity contribution in [1.29, 1.82) is 0 Å². The molecule has 88 valence electrons. The largest absolute Gasteiger partial charge is 0.748 e. The first-order chi connectivity index (χ1) is 8.04. The first-order valence-electron chi connectivity index (χ1n) is 5.12. The zero-order valence-corrected chi connectivity index (χ0v) is 9.85. The SMILES string of the molecule is O=S(=O)([O-])Cc1ccc(-c2ccccc2)cc1. The van der Waals surface area contributed by atoms with E-state index in [0.29, 0.717) is 5.56 Å². The minimum atomic E-state index is -4.20. The molecule has 2 rings (SSSR count). The summed E-state index contributed by atoms with van der Waals surface area (Å²) < 4.78 is 31.8. The first-order valence-corrected chi connectivity index (χ1v) is 6.70. The molecule has 0 aliphatic carbocycles. The van der Waals surface area contributed by atoms with Crippen LogP contribution in [0.3, 0.4) is 0 Å². The second-order valence-corrected chi connectivity index (χ2v) is 5.17. The molecule has 2 aromatic carbocycles. The van der Waals surface area contributed by atoms with Crippen molar-refractivity contribution in [3.05, 3.63) is 60.2 Å². The van der Waals surface area contributed by atoms with Crippen molar-refractivity contribution in [2.45, 2.75) is 5.75 Å². The maximum Gasteiger partial charge on any atom is 0.0988 e. The Morgan fingerprint density at radius 3 is 1.88 bits per heavy atom. The Morgan fingerprint density at radius 1 is 0.824 bits per heavy atom. The third kappa shape index (κ3) is 3.41. The van der Waals surface area contributed by atoms with Crippen LogP contribution in [0.5, 0.6) is 0 Å². The summed E-state index contributed by atoms with van der Waals surface area (Å²) in [6.07, 6.45) is 0. The molecule has 0 aromatic heterocycles. The molecule has 4 heteroatoms. The van der Waals surface area contributed by atoms with Gasteiger partial charge < -0.3 is 4.55 Å². The minimum absolute atomic E-state index is 0.456. The fraction of sp³-hybridized carbons (Fsp3) is 0.0769. The molecule has 0 heterocycles. The summed E-state index contributed by atoms with van der Waals surface area (Å²) in [5, 5.41) is 0. The molecule has 0 bridgehead atoms. The topological polar surface area (TPSA) is 57.2 Å². The van der Waals surface area contributed by atoms with Crippen LogP contribution in [0.15, 0.2) is 54.6 Å². The monoisotopic (exact) mass is 247 g/mol. The van der Waals surface area contributed by atoms with Crippen molar-refractivity contribution in [2.75, 3.05) is 0 Å². The highest BCUT2D eigenvalue weighted by atomic mass is 32.2. The fourth-order valence-electron chi connectivity index (χ4n) is 1.63. The smallest absolute Gasteiger partial charge is 0.0988 e. The Bertz CT molecular complexity index is 586. The molecular formula is C13H11O3S-. The van der Waals surface area contributed by atoms with Gasteiger partial charge in [0.1, 0.15) is 0 Å². The molecule has 0 spiro atoms. The Kier molecular flexibility index (Phi) is 3.26. The Labute approximate surface area is 100 Å². The second-order valence-electron chi connectivity index (χ2n) is 3.76. The maximum atomic E-state index is 10.6. The number of rotatable bonds is 3. The van der Waals surface area contributed by atoms with E-state index in [1.54, 1.807) is 12.1 Å². The van der Waals surface area contributed by atoms with E-state index < -0.39 is 15.9 Å².